The van der Waals surface area contributed by atoms with Crippen molar-refractivity contribution in [2.24, 2.45) is 0 Å². The van der Waals surface area contributed by atoms with Crippen molar-refractivity contribution < 1.29 is 22.3 Å². The van der Waals surface area contributed by atoms with Crippen molar-refractivity contribution in [2.45, 2.75) is 4.90 Å². The molecule has 0 saturated heterocycles. The minimum absolute atomic E-state index is 0.0268. The van der Waals surface area contributed by atoms with Gasteiger partial charge in [0.05, 0.1) is 29.3 Å². The van der Waals surface area contributed by atoms with Gasteiger partial charge in [0.15, 0.2) is 16.7 Å². The fourth-order valence-electron chi connectivity index (χ4n) is 2.06. The van der Waals surface area contributed by atoms with Gasteiger partial charge in [-0.05, 0) is 36.4 Å². The molecule has 3 aromatic rings. The van der Waals surface area contributed by atoms with Crippen LogP contribution in [0.1, 0.15) is 0 Å². The van der Waals surface area contributed by atoms with Gasteiger partial charge >= 0.3 is 0 Å². The Morgan fingerprint density at radius 2 is 1.92 bits per heavy atom. The zero-order valence-corrected chi connectivity index (χ0v) is 14.4. The Kier molecular flexibility index (Phi) is 4.29. The van der Waals surface area contributed by atoms with Crippen LogP contribution in [0.15, 0.2) is 41.3 Å². The number of nitrogens with one attached hydrogen (secondary N) is 1. The largest absolute Gasteiger partial charge is 0.497 e. The first-order valence-corrected chi connectivity index (χ1v) is 9.04. The van der Waals surface area contributed by atoms with Gasteiger partial charge in [-0.15, -0.1) is 0 Å². The van der Waals surface area contributed by atoms with Crippen LogP contribution < -0.4 is 14.2 Å². The average Bonchev–Trinajstić information content (AvgIpc) is 2.94. The first-order chi connectivity index (χ1) is 11.4. The summed E-state index contributed by atoms with van der Waals surface area (Å²) < 4.78 is 51.5. The second-order valence-corrected chi connectivity index (χ2v) is 7.47. The van der Waals surface area contributed by atoms with Crippen molar-refractivity contribution in [3.05, 3.63) is 42.2 Å². The van der Waals surface area contributed by atoms with Crippen molar-refractivity contribution in [1.29, 1.82) is 0 Å². The number of nitrogens with zero attached hydrogens (tertiary/aromatic N) is 1. The summed E-state index contributed by atoms with van der Waals surface area (Å²) in [6.07, 6.45) is 0. The van der Waals surface area contributed by atoms with Gasteiger partial charge in [-0.1, -0.05) is 11.3 Å². The molecule has 1 aromatic heterocycles. The molecule has 3 rings (SSSR count). The molecule has 24 heavy (non-hydrogen) atoms. The molecule has 0 atom stereocenters. The Hall–Kier alpha value is -2.39. The van der Waals surface area contributed by atoms with Crippen molar-refractivity contribution in [2.75, 3.05) is 18.9 Å². The number of anilines is 1. The molecule has 0 fully saturated rings. The van der Waals surface area contributed by atoms with Crippen LogP contribution in [0.25, 0.3) is 10.2 Å². The lowest BCUT2D eigenvalue weighted by molar-refractivity contribution is 0.385. The Balaban J connectivity index is 1.93. The Labute approximate surface area is 141 Å². The summed E-state index contributed by atoms with van der Waals surface area (Å²) in [5.41, 5.74) is 0.638. The second-order valence-electron chi connectivity index (χ2n) is 4.75. The molecule has 0 spiro atoms. The van der Waals surface area contributed by atoms with E-state index in [9.17, 15) is 12.8 Å². The summed E-state index contributed by atoms with van der Waals surface area (Å²) >= 11 is 1.16. The fraction of sp³-hybridized carbons (Fsp3) is 0.133. The van der Waals surface area contributed by atoms with E-state index in [-0.39, 0.29) is 15.8 Å². The number of sulfonamides is 1. The van der Waals surface area contributed by atoms with E-state index < -0.39 is 15.8 Å². The lowest BCUT2D eigenvalue weighted by atomic mass is 10.3. The van der Waals surface area contributed by atoms with Crippen molar-refractivity contribution in [1.82, 2.24) is 4.98 Å². The standard InChI is InChI=1S/C15H13FN2O4S2/c1-21-9-3-5-12-14(7-9)23-15(17-12)18-24(19,20)10-4-6-13(22-2)11(16)8-10/h3-8H,1-2H3,(H,17,18). The molecule has 0 saturated carbocycles. The zero-order valence-electron chi connectivity index (χ0n) is 12.7. The zero-order chi connectivity index (χ0) is 17.3. The van der Waals surface area contributed by atoms with Gasteiger partial charge in [0.25, 0.3) is 10.0 Å². The maximum absolute atomic E-state index is 13.7. The van der Waals surface area contributed by atoms with Crippen LogP contribution in [0.3, 0.4) is 0 Å². The maximum Gasteiger partial charge on any atom is 0.263 e. The minimum atomic E-state index is -3.95. The number of rotatable bonds is 5. The SMILES string of the molecule is COc1ccc2nc(NS(=O)(=O)c3ccc(OC)c(F)c3)sc2c1. The van der Waals surface area contributed by atoms with Crippen LogP contribution in [0.2, 0.25) is 0 Å². The average molecular weight is 368 g/mol. The highest BCUT2D eigenvalue weighted by molar-refractivity contribution is 7.93. The number of benzene rings is 2. The molecule has 1 heterocycles. The summed E-state index contributed by atoms with van der Waals surface area (Å²) in [5, 5.41) is 0.189. The van der Waals surface area contributed by atoms with E-state index in [1.807, 2.05) is 0 Å². The topological polar surface area (TPSA) is 77.5 Å². The van der Waals surface area contributed by atoms with E-state index in [1.54, 1.807) is 25.3 Å². The molecular formula is C15H13FN2O4S2. The summed E-state index contributed by atoms with van der Waals surface area (Å²) in [6, 6.07) is 8.65. The lowest BCUT2D eigenvalue weighted by Crippen LogP contribution is -2.13. The number of halogens is 1. The molecule has 126 valence electrons. The van der Waals surface area contributed by atoms with Gasteiger partial charge in [-0.25, -0.2) is 17.8 Å². The molecule has 0 aliphatic carbocycles. The van der Waals surface area contributed by atoms with Crippen molar-refractivity contribution in [3.8, 4) is 11.5 Å². The van der Waals surface area contributed by atoms with Crippen LogP contribution >= 0.6 is 11.3 Å². The van der Waals surface area contributed by atoms with Crippen LogP contribution in [0.5, 0.6) is 11.5 Å². The second kappa shape index (κ2) is 6.25. The van der Waals surface area contributed by atoms with Gasteiger partial charge in [-0.3, -0.25) is 4.72 Å². The lowest BCUT2D eigenvalue weighted by Gasteiger charge is -2.07. The number of thiazole rings is 1. The predicted octanol–water partition coefficient (Wildman–Crippen LogP) is 3.25. The first-order valence-electron chi connectivity index (χ1n) is 6.74. The Bertz CT molecular complexity index is 1000. The van der Waals surface area contributed by atoms with Gasteiger partial charge in [-0.2, -0.15) is 0 Å². The van der Waals surface area contributed by atoms with Crippen LogP contribution in [-0.2, 0) is 10.0 Å². The number of hydrogen-bond donors (Lipinski definition) is 1. The molecule has 1 N–H and O–H groups in total. The number of aromatic nitrogens is 1. The van der Waals surface area contributed by atoms with E-state index in [1.165, 1.54) is 19.2 Å². The summed E-state index contributed by atoms with van der Waals surface area (Å²) in [7, 11) is -1.10. The van der Waals surface area contributed by atoms with Gasteiger partial charge in [0.1, 0.15) is 5.75 Å². The smallest absolute Gasteiger partial charge is 0.263 e. The highest BCUT2D eigenvalue weighted by Gasteiger charge is 2.19. The van der Waals surface area contributed by atoms with E-state index in [2.05, 4.69) is 9.71 Å². The molecule has 0 unspecified atom stereocenters. The van der Waals surface area contributed by atoms with E-state index in [0.717, 1.165) is 22.1 Å². The Morgan fingerprint density at radius 3 is 2.58 bits per heavy atom. The third-order valence-corrected chi connectivity index (χ3v) is 5.65. The van der Waals surface area contributed by atoms with Crippen LogP contribution in [0.4, 0.5) is 9.52 Å². The third-order valence-electron chi connectivity index (χ3n) is 3.25. The number of methoxy groups -OCH3 is 2. The van der Waals surface area contributed by atoms with Crippen molar-refractivity contribution >= 4 is 36.7 Å². The van der Waals surface area contributed by atoms with Gasteiger partial charge in [0, 0.05) is 0 Å². The number of ether oxygens (including phenoxy) is 2. The minimum Gasteiger partial charge on any atom is -0.497 e. The van der Waals surface area contributed by atoms with E-state index in [4.69, 9.17) is 9.47 Å². The molecule has 0 bridgehead atoms. The molecular weight excluding hydrogens is 355 g/mol. The normalized spacial score (nSPS) is 11.5. The number of hydrogen-bond acceptors (Lipinski definition) is 6. The highest BCUT2D eigenvalue weighted by Crippen LogP contribution is 2.31. The molecule has 0 radical (unpaired) electrons. The highest BCUT2D eigenvalue weighted by atomic mass is 32.2. The summed E-state index contributed by atoms with van der Waals surface area (Å²) in [4.78, 5) is 4.00. The Morgan fingerprint density at radius 1 is 1.12 bits per heavy atom. The molecule has 9 heteroatoms. The van der Waals surface area contributed by atoms with E-state index >= 15 is 0 Å². The third kappa shape index (κ3) is 3.13. The van der Waals surface area contributed by atoms with Crippen LogP contribution in [-0.4, -0.2) is 27.6 Å². The maximum atomic E-state index is 13.7. The fourth-order valence-corrected chi connectivity index (χ4v) is 4.20. The van der Waals surface area contributed by atoms with E-state index in [0.29, 0.717) is 11.3 Å². The first kappa shape index (κ1) is 16.5. The predicted molar refractivity (Wildman–Crippen MR) is 89.9 cm³/mol. The number of fused-ring (bicyclic) bond motifs is 1. The van der Waals surface area contributed by atoms with Gasteiger partial charge in [0.2, 0.25) is 0 Å². The van der Waals surface area contributed by atoms with Gasteiger partial charge < -0.3 is 9.47 Å². The summed E-state index contributed by atoms with van der Waals surface area (Å²) in [6.45, 7) is 0. The quantitative estimate of drug-likeness (QED) is 0.748. The summed E-state index contributed by atoms with van der Waals surface area (Å²) in [5.74, 6) is -0.131. The molecule has 6 nitrogen and oxygen atoms in total. The molecule has 0 aliphatic heterocycles. The monoisotopic (exact) mass is 368 g/mol. The molecule has 0 aliphatic rings. The molecule has 2 aromatic carbocycles. The van der Waals surface area contributed by atoms with Crippen molar-refractivity contribution in [3.63, 3.8) is 0 Å². The molecule has 0 amide bonds. The van der Waals surface area contributed by atoms with Crippen LogP contribution in [0, 0.1) is 5.82 Å².